The van der Waals surface area contributed by atoms with Crippen molar-refractivity contribution in [3.05, 3.63) is 52.7 Å². The summed E-state index contributed by atoms with van der Waals surface area (Å²) in [4.78, 5) is 16.8. The fraction of sp³-hybridized carbons (Fsp3) is 0.278. The summed E-state index contributed by atoms with van der Waals surface area (Å²) in [5, 5.41) is 8.58. The lowest BCUT2D eigenvalue weighted by Gasteiger charge is -2.10. The second-order valence-electron chi connectivity index (χ2n) is 6.38. The average Bonchev–Trinajstić information content (AvgIpc) is 3.24. The number of carbonyl (C=O) groups is 1. The van der Waals surface area contributed by atoms with E-state index in [-0.39, 0.29) is 22.3 Å². The highest BCUT2D eigenvalue weighted by Crippen LogP contribution is 2.42. The van der Waals surface area contributed by atoms with Crippen LogP contribution in [-0.2, 0) is 13.2 Å². The summed E-state index contributed by atoms with van der Waals surface area (Å²) >= 11 is 1.08. The number of benzene rings is 1. The first-order valence-electron chi connectivity index (χ1n) is 8.30. The number of thiazole rings is 1. The summed E-state index contributed by atoms with van der Waals surface area (Å²) in [6.07, 6.45) is -0.722. The normalized spacial score (nSPS) is 14.4. The summed E-state index contributed by atoms with van der Waals surface area (Å²) in [6.45, 7) is 0. The molecule has 5 nitrogen and oxygen atoms in total. The van der Waals surface area contributed by atoms with Crippen molar-refractivity contribution in [3.8, 4) is 11.3 Å². The lowest BCUT2D eigenvalue weighted by molar-refractivity contribution is -0.137. The first-order valence-corrected chi connectivity index (χ1v) is 9.18. The molecule has 1 N–H and O–H groups in total. The Morgan fingerprint density at radius 3 is 2.74 bits per heavy atom. The molecule has 0 bridgehead atoms. The van der Waals surface area contributed by atoms with Crippen LogP contribution in [0.25, 0.3) is 11.3 Å². The summed E-state index contributed by atoms with van der Waals surface area (Å²) in [5.74, 6) is -0.00752. The van der Waals surface area contributed by atoms with Crippen LogP contribution in [0.4, 0.5) is 18.3 Å². The maximum absolute atomic E-state index is 13.2. The van der Waals surface area contributed by atoms with E-state index in [1.807, 2.05) is 0 Å². The van der Waals surface area contributed by atoms with E-state index in [4.69, 9.17) is 0 Å². The van der Waals surface area contributed by atoms with E-state index in [1.165, 1.54) is 28.3 Å². The van der Waals surface area contributed by atoms with Crippen molar-refractivity contribution in [2.45, 2.75) is 24.9 Å². The Morgan fingerprint density at radius 2 is 2.04 bits per heavy atom. The summed E-state index contributed by atoms with van der Waals surface area (Å²) in [6, 6.07) is 5.25. The molecule has 140 valence electrons. The lowest BCUT2D eigenvalue weighted by Crippen LogP contribution is -2.17. The summed E-state index contributed by atoms with van der Waals surface area (Å²) in [5.41, 5.74) is 0.770. The number of aromatic nitrogens is 3. The molecular formula is C18H15F3N4OS. The van der Waals surface area contributed by atoms with Gasteiger partial charge in [0.25, 0.3) is 5.91 Å². The molecule has 0 aliphatic heterocycles. The largest absolute Gasteiger partial charge is 0.417 e. The van der Waals surface area contributed by atoms with E-state index >= 15 is 0 Å². The fourth-order valence-electron chi connectivity index (χ4n) is 2.99. The Kier molecular flexibility index (Phi) is 4.26. The Bertz CT molecular complexity index is 1000. The van der Waals surface area contributed by atoms with Gasteiger partial charge in [0.2, 0.25) is 0 Å². The monoisotopic (exact) mass is 392 g/mol. The van der Waals surface area contributed by atoms with E-state index in [9.17, 15) is 18.0 Å². The van der Waals surface area contributed by atoms with Crippen LogP contribution in [0.15, 0.2) is 35.8 Å². The molecule has 1 saturated carbocycles. The van der Waals surface area contributed by atoms with Gasteiger partial charge in [-0.3, -0.25) is 14.8 Å². The van der Waals surface area contributed by atoms with E-state index in [0.29, 0.717) is 11.6 Å². The zero-order valence-electron chi connectivity index (χ0n) is 14.2. The minimum Gasteiger partial charge on any atom is -0.296 e. The first-order chi connectivity index (χ1) is 12.8. The molecule has 3 aromatic rings. The van der Waals surface area contributed by atoms with Gasteiger partial charge in [-0.25, -0.2) is 4.98 Å². The molecule has 1 fully saturated rings. The molecule has 2 aromatic heterocycles. The minimum absolute atomic E-state index is 0.0130. The molecule has 0 radical (unpaired) electrons. The molecule has 9 heteroatoms. The van der Waals surface area contributed by atoms with Gasteiger partial charge in [-0.1, -0.05) is 18.2 Å². The number of aryl methyl sites for hydroxylation is 1. The second kappa shape index (κ2) is 6.49. The van der Waals surface area contributed by atoms with Gasteiger partial charge in [-0.15, -0.1) is 11.3 Å². The fourth-order valence-corrected chi connectivity index (χ4v) is 3.70. The average molecular weight is 392 g/mol. The Hall–Kier alpha value is -2.68. The molecule has 0 saturated heterocycles. The van der Waals surface area contributed by atoms with Crippen molar-refractivity contribution in [1.82, 2.24) is 14.8 Å². The number of carbonyl (C=O) groups excluding carboxylic acids is 1. The molecule has 1 aromatic carbocycles. The number of nitrogens with zero attached hydrogens (tertiary/aromatic N) is 3. The zero-order valence-corrected chi connectivity index (χ0v) is 15.1. The van der Waals surface area contributed by atoms with Gasteiger partial charge in [-0.05, 0) is 24.8 Å². The standard InChI is InChI=1S/C18H15F3N4OS/c1-25-15(12(8-22-25)10-6-7-10)16(26)24-17-23-14(9-27-17)11-4-2-3-5-13(11)18(19,20)21/h2-5,8-10H,6-7H2,1H3,(H,23,24,26). The molecular weight excluding hydrogens is 377 g/mol. The van der Waals surface area contributed by atoms with Crippen LogP contribution < -0.4 is 5.32 Å². The number of alkyl halides is 3. The highest BCUT2D eigenvalue weighted by atomic mass is 32.1. The summed E-state index contributed by atoms with van der Waals surface area (Å²) < 4.78 is 41.1. The van der Waals surface area contributed by atoms with Gasteiger partial charge in [0.05, 0.1) is 17.5 Å². The molecule has 27 heavy (non-hydrogen) atoms. The Morgan fingerprint density at radius 1 is 1.30 bits per heavy atom. The van der Waals surface area contributed by atoms with Crippen LogP contribution in [0.2, 0.25) is 0 Å². The molecule has 0 spiro atoms. The van der Waals surface area contributed by atoms with Crippen molar-refractivity contribution in [2.24, 2.45) is 7.05 Å². The number of anilines is 1. The van der Waals surface area contributed by atoms with E-state index in [2.05, 4.69) is 15.4 Å². The van der Waals surface area contributed by atoms with Crippen molar-refractivity contribution >= 4 is 22.4 Å². The van der Waals surface area contributed by atoms with Gasteiger partial charge in [-0.2, -0.15) is 18.3 Å². The van der Waals surface area contributed by atoms with Crippen LogP contribution >= 0.6 is 11.3 Å². The quantitative estimate of drug-likeness (QED) is 0.701. The maximum atomic E-state index is 13.2. The molecule has 0 unspecified atom stereocenters. The number of hydrogen-bond acceptors (Lipinski definition) is 4. The molecule has 1 amide bonds. The SMILES string of the molecule is Cn1ncc(C2CC2)c1C(=O)Nc1nc(-c2ccccc2C(F)(F)F)cs1. The number of rotatable bonds is 4. The summed E-state index contributed by atoms with van der Waals surface area (Å²) in [7, 11) is 1.69. The van der Waals surface area contributed by atoms with E-state index in [0.717, 1.165) is 35.8 Å². The Balaban J connectivity index is 1.60. The minimum atomic E-state index is -4.47. The van der Waals surface area contributed by atoms with Crippen molar-refractivity contribution in [2.75, 3.05) is 5.32 Å². The third-order valence-electron chi connectivity index (χ3n) is 4.43. The van der Waals surface area contributed by atoms with Crippen LogP contribution in [0.5, 0.6) is 0 Å². The van der Waals surface area contributed by atoms with Crippen molar-refractivity contribution < 1.29 is 18.0 Å². The molecule has 2 heterocycles. The first kappa shape index (κ1) is 17.7. The van der Waals surface area contributed by atoms with Gasteiger partial charge in [0.15, 0.2) is 5.13 Å². The van der Waals surface area contributed by atoms with Crippen LogP contribution in [0, 0.1) is 0 Å². The smallest absolute Gasteiger partial charge is 0.296 e. The predicted octanol–water partition coefficient (Wildman–Crippen LogP) is 4.69. The van der Waals surface area contributed by atoms with Gasteiger partial charge < -0.3 is 0 Å². The van der Waals surface area contributed by atoms with E-state index < -0.39 is 11.7 Å². The van der Waals surface area contributed by atoms with Crippen molar-refractivity contribution in [3.63, 3.8) is 0 Å². The topological polar surface area (TPSA) is 59.8 Å². The van der Waals surface area contributed by atoms with Gasteiger partial charge >= 0.3 is 6.18 Å². The lowest BCUT2D eigenvalue weighted by atomic mass is 10.1. The molecule has 1 aliphatic rings. The Labute approximate surface area is 156 Å². The van der Waals surface area contributed by atoms with Crippen LogP contribution in [0.3, 0.4) is 0 Å². The third kappa shape index (κ3) is 3.46. The van der Waals surface area contributed by atoms with Gasteiger partial charge in [0.1, 0.15) is 5.69 Å². The molecule has 1 aliphatic carbocycles. The van der Waals surface area contributed by atoms with E-state index in [1.54, 1.807) is 13.2 Å². The number of halogens is 3. The zero-order chi connectivity index (χ0) is 19.2. The highest BCUT2D eigenvalue weighted by Gasteiger charge is 2.34. The van der Waals surface area contributed by atoms with Gasteiger partial charge in [0, 0.05) is 23.6 Å². The predicted molar refractivity (Wildman–Crippen MR) is 95.7 cm³/mol. The number of amides is 1. The maximum Gasteiger partial charge on any atom is 0.417 e. The highest BCUT2D eigenvalue weighted by molar-refractivity contribution is 7.14. The van der Waals surface area contributed by atoms with Crippen LogP contribution in [0.1, 0.15) is 40.4 Å². The van der Waals surface area contributed by atoms with Crippen molar-refractivity contribution in [1.29, 1.82) is 0 Å². The second-order valence-corrected chi connectivity index (χ2v) is 7.24. The number of nitrogens with one attached hydrogen (secondary N) is 1. The number of hydrogen-bond donors (Lipinski definition) is 1. The third-order valence-corrected chi connectivity index (χ3v) is 5.19. The molecule has 0 atom stereocenters. The van der Waals surface area contributed by atoms with Crippen LogP contribution in [-0.4, -0.2) is 20.7 Å². The molecule has 4 rings (SSSR count).